The number of nitrogens with one attached hydrogen (secondary N) is 1. The van der Waals surface area contributed by atoms with Crippen LogP contribution in [-0.2, 0) is 16.1 Å². The van der Waals surface area contributed by atoms with Gasteiger partial charge in [0.2, 0.25) is 0 Å². The van der Waals surface area contributed by atoms with Gasteiger partial charge in [-0.1, -0.05) is 37.3 Å². The van der Waals surface area contributed by atoms with Gasteiger partial charge in [-0.15, -0.1) is 0 Å². The number of carbonyl (C=O) groups is 2. The van der Waals surface area contributed by atoms with Crippen molar-refractivity contribution in [1.82, 2.24) is 10.2 Å². The van der Waals surface area contributed by atoms with Gasteiger partial charge in [0.1, 0.15) is 5.60 Å². The van der Waals surface area contributed by atoms with E-state index < -0.39 is 23.6 Å². The number of carboxylic acids is 1. The minimum atomic E-state index is -0.751. The molecule has 1 amide bonds. The first kappa shape index (κ1) is 21.2. The Morgan fingerprint density at radius 3 is 2.48 bits per heavy atom. The zero-order valence-corrected chi connectivity index (χ0v) is 16.8. The molecule has 0 spiro atoms. The molecule has 6 nitrogen and oxygen atoms in total. The molecule has 3 atom stereocenters. The van der Waals surface area contributed by atoms with Gasteiger partial charge in [-0.05, 0) is 45.6 Å². The van der Waals surface area contributed by atoms with Crippen molar-refractivity contribution in [2.45, 2.75) is 71.2 Å². The number of carbonyl (C=O) groups excluding carboxylic acids is 1. The Kier molecular flexibility index (Phi) is 7.25. The van der Waals surface area contributed by atoms with Crippen LogP contribution in [0.1, 0.15) is 52.5 Å². The summed E-state index contributed by atoms with van der Waals surface area (Å²) < 4.78 is 5.36. The number of ether oxygens (including phenoxy) is 1. The third-order valence-electron chi connectivity index (χ3n) is 4.91. The summed E-state index contributed by atoms with van der Waals surface area (Å²) in [5.41, 5.74) is 0.599. The van der Waals surface area contributed by atoms with Gasteiger partial charge in [0.15, 0.2) is 0 Å². The van der Waals surface area contributed by atoms with Crippen LogP contribution in [0.2, 0.25) is 0 Å². The van der Waals surface area contributed by atoms with Gasteiger partial charge < -0.3 is 15.2 Å². The molecule has 0 aromatic heterocycles. The highest BCUT2D eigenvalue weighted by molar-refractivity contribution is 5.71. The largest absolute Gasteiger partial charge is 0.481 e. The Balaban J connectivity index is 2.10. The van der Waals surface area contributed by atoms with E-state index in [1.54, 1.807) is 0 Å². The van der Waals surface area contributed by atoms with Crippen molar-refractivity contribution in [3.8, 4) is 0 Å². The number of amides is 1. The number of piperidine rings is 1. The summed E-state index contributed by atoms with van der Waals surface area (Å²) >= 11 is 0. The number of hydrogen-bond donors (Lipinski definition) is 2. The summed E-state index contributed by atoms with van der Waals surface area (Å²) in [6.45, 7) is 8.71. The van der Waals surface area contributed by atoms with E-state index in [1.807, 2.05) is 58.0 Å². The molecule has 1 aromatic rings. The van der Waals surface area contributed by atoms with Gasteiger partial charge in [-0.25, -0.2) is 4.79 Å². The molecule has 150 valence electrons. The smallest absolute Gasteiger partial charge is 0.407 e. The van der Waals surface area contributed by atoms with Crippen LogP contribution < -0.4 is 5.32 Å². The van der Waals surface area contributed by atoms with E-state index >= 15 is 0 Å². The molecule has 3 unspecified atom stereocenters. The number of likely N-dealkylation sites (tertiary alicyclic amines) is 1. The number of alkyl carbamates (subject to hydrolysis) is 1. The van der Waals surface area contributed by atoms with E-state index in [2.05, 4.69) is 10.2 Å². The highest BCUT2D eigenvalue weighted by Crippen LogP contribution is 2.28. The van der Waals surface area contributed by atoms with Gasteiger partial charge in [-0.3, -0.25) is 9.69 Å². The van der Waals surface area contributed by atoms with Crippen LogP contribution in [-0.4, -0.2) is 46.3 Å². The van der Waals surface area contributed by atoms with E-state index in [-0.39, 0.29) is 12.1 Å². The van der Waals surface area contributed by atoms with E-state index in [0.29, 0.717) is 19.5 Å². The maximum absolute atomic E-state index is 12.1. The van der Waals surface area contributed by atoms with Crippen molar-refractivity contribution < 1.29 is 19.4 Å². The third kappa shape index (κ3) is 6.54. The van der Waals surface area contributed by atoms with Crippen LogP contribution in [0.4, 0.5) is 4.79 Å². The first-order chi connectivity index (χ1) is 12.7. The summed E-state index contributed by atoms with van der Waals surface area (Å²) in [7, 11) is 0. The average Bonchev–Trinajstić information content (AvgIpc) is 2.56. The van der Waals surface area contributed by atoms with Crippen LogP contribution in [0.25, 0.3) is 0 Å². The van der Waals surface area contributed by atoms with E-state index in [4.69, 9.17) is 4.74 Å². The highest BCUT2D eigenvalue weighted by atomic mass is 16.6. The maximum Gasteiger partial charge on any atom is 0.407 e. The molecule has 1 heterocycles. The lowest BCUT2D eigenvalue weighted by molar-refractivity contribution is -0.145. The normalized spacial score (nSPS) is 22.1. The molecule has 0 aliphatic carbocycles. The number of carboxylic acid groups (broad SMARTS) is 1. The number of benzene rings is 1. The van der Waals surface area contributed by atoms with Gasteiger partial charge in [0.25, 0.3) is 0 Å². The molecule has 1 aliphatic rings. The molecule has 0 radical (unpaired) electrons. The molecule has 6 heteroatoms. The zero-order valence-electron chi connectivity index (χ0n) is 16.8. The zero-order chi connectivity index (χ0) is 20.0. The second-order valence-electron chi connectivity index (χ2n) is 8.26. The fourth-order valence-corrected chi connectivity index (χ4v) is 3.72. The number of hydrogen-bond acceptors (Lipinski definition) is 4. The molecule has 1 aliphatic heterocycles. The second-order valence-corrected chi connectivity index (χ2v) is 8.26. The minimum absolute atomic E-state index is 0.0376. The second kappa shape index (κ2) is 9.22. The first-order valence-electron chi connectivity index (χ1n) is 9.70. The maximum atomic E-state index is 12.1. The summed E-state index contributed by atoms with van der Waals surface area (Å²) in [5, 5.41) is 12.6. The Morgan fingerprint density at radius 2 is 1.93 bits per heavy atom. The predicted octanol–water partition coefficient (Wildman–Crippen LogP) is 3.66. The van der Waals surface area contributed by atoms with Gasteiger partial charge >= 0.3 is 12.1 Å². The number of nitrogens with zero attached hydrogens (tertiary/aromatic N) is 1. The Hall–Kier alpha value is -2.08. The third-order valence-corrected chi connectivity index (χ3v) is 4.91. The Labute approximate surface area is 161 Å². The lowest BCUT2D eigenvalue weighted by Gasteiger charge is -2.42. The van der Waals surface area contributed by atoms with E-state index in [9.17, 15) is 14.7 Å². The van der Waals surface area contributed by atoms with Crippen molar-refractivity contribution in [3.05, 3.63) is 35.9 Å². The lowest BCUT2D eigenvalue weighted by atomic mass is 9.86. The van der Waals surface area contributed by atoms with Gasteiger partial charge in [-0.2, -0.15) is 0 Å². The van der Waals surface area contributed by atoms with Crippen molar-refractivity contribution in [2.75, 3.05) is 6.54 Å². The van der Waals surface area contributed by atoms with Gasteiger partial charge in [0, 0.05) is 25.2 Å². The van der Waals surface area contributed by atoms with Crippen molar-refractivity contribution >= 4 is 12.1 Å². The Bertz CT molecular complexity index is 627. The SMILES string of the molecule is CCC(C(=O)O)C1CCC(NC(=O)OC(C)(C)C)CN1Cc1ccccc1. The summed E-state index contributed by atoms with van der Waals surface area (Å²) in [6.07, 6.45) is 1.66. The summed E-state index contributed by atoms with van der Waals surface area (Å²) in [5.74, 6) is -1.16. The molecular weight excluding hydrogens is 344 g/mol. The van der Waals surface area contributed by atoms with Crippen molar-refractivity contribution in [1.29, 1.82) is 0 Å². The molecule has 0 bridgehead atoms. The number of rotatable bonds is 6. The number of aliphatic carboxylic acids is 1. The van der Waals surface area contributed by atoms with Gasteiger partial charge in [0.05, 0.1) is 5.92 Å². The van der Waals surface area contributed by atoms with Crippen LogP contribution in [0, 0.1) is 5.92 Å². The molecular formula is C21H32N2O4. The lowest BCUT2D eigenvalue weighted by Crippen LogP contribution is -2.55. The quantitative estimate of drug-likeness (QED) is 0.792. The van der Waals surface area contributed by atoms with Crippen molar-refractivity contribution in [3.63, 3.8) is 0 Å². The van der Waals surface area contributed by atoms with Crippen LogP contribution >= 0.6 is 0 Å². The fourth-order valence-electron chi connectivity index (χ4n) is 3.72. The Morgan fingerprint density at radius 1 is 1.26 bits per heavy atom. The summed E-state index contributed by atoms with van der Waals surface area (Å²) in [4.78, 5) is 26.1. The molecule has 0 saturated carbocycles. The molecule has 1 aromatic carbocycles. The van der Waals surface area contributed by atoms with Crippen molar-refractivity contribution in [2.24, 2.45) is 5.92 Å². The van der Waals surface area contributed by atoms with E-state index in [1.165, 1.54) is 0 Å². The fraction of sp³-hybridized carbons (Fsp3) is 0.619. The van der Waals surface area contributed by atoms with Crippen LogP contribution in [0.15, 0.2) is 30.3 Å². The molecule has 2 N–H and O–H groups in total. The molecule has 1 saturated heterocycles. The van der Waals surface area contributed by atoms with Crippen LogP contribution in [0.3, 0.4) is 0 Å². The van der Waals surface area contributed by atoms with Crippen LogP contribution in [0.5, 0.6) is 0 Å². The predicted molar refractivity (Wildman–Crippen MR) is 104 cm³/mol. The standard InChI is InChI=1S/C21H32N2O4/c1-5-17(19(24)25)18-12-11-16(22-20(26)27-21(2,3)4)14-23(18)13-15-9-7-6-8-10-15/h6-10,16-18H,5,11-14H2,1-4H3,(H,22,26)(H,24,25). The first-order valence-corrected chi connectivity index (χ1v) is 9.70. The highest BCUT2D eigenvalue weighted by Gasteiger charge is 2.37. The molecule has 2 rings (SSSR count). The monoisotopic (exact) mass is 376 g/mol. The topological polar surface area (TPSA) is 78.9 Å². The van der Waals surface area contributed by atoms with E-state index in [0.717, 1.165) is 18.4 Å². The molecule has 27 heavy (non-hydrogen) atoms. The summed E-state index contributed by atoms with van der Waals surface area (Å²) in [6, 6.07) is 9.94. The average molecular weight is 376 g/mol. The molecule has 1 fully saturated rings. The minimum Gasteiger partial charge on any atom is -0.481 e.